The molecule has 0 bridgehead atoms. The zero-order valence-corrected chi connectivity index (χ0v) is 10.5. The molecule has 1 aliphatic rings. The van der Waals surface area contributed by atoms with Crippen LogP contribution in [0.25, 0.3) is 0 Å². The van der Waals surface area contributed by atoms with Gasteiger partial charge in [-0.15, -0.1) is 0 Å². The number of ether oxygens (including phenoxy) is 1. The molecule has 0 saturated carbocycles. The number of hydrogen-bond donors (Lipinski definition) is 1. The number of carbonyl (C=O) groups excluding carboxylic acids is 1. The first-order chi connectivity index (χ1) is 7.31. The van der Waals surface area contributed by atoms with Crippen molar-refractivity contribution in [1.29, 1.82) is 0 Å². The lowest BCUT2D eigenvalue weighted by atomic mass is 9.97. The first kappa shape index (κ1) is 12.9. The monoisotopic (exact) mass is 227 g/mol. The maximum absolute atomic E-state index is 11.8. The molecule has 1 rings (SSSR count). The molecule has 1 fully saturated rings. The van der Waals surface area contributed by atoms with Gasteiger partial charge in [-0.2, -0.15) is 0 Å². The average Bonchev–Trinajstić information content (AvgIpc) is 2.14. The Morgan fingerprint density at radius 3 is 2.69 bits per heavy atom. The Labute approximate surface area is 96.9 Å². The van der Waals surface area contributed by atoms with Crippen LogP contribution in [0.3, 0.4) is 0 Å². The van der Waals surface area contributed by atoms with Crippen molar-refractivity contribution in [2.75, 3.05) is 13.1 Å². The topological polar surface area (TPSA) is 49.8 Å². The smallest absolute Gasteiger partial charge is 0.410 e. The van der Waals surface area contributed by atoms with E-state index in [2.05, 4.69) is 6.92 Å². The lowest BCUT2D eigenvalue weighted by Gasteiger charge is -2.33. The SMILES string of the molecule is CC1C/C(=C/O)CN(C(=O)OC(C)(C)C)C1. The normalized spacial score (nSPS) is 24.6. The molecule has 1 N–H and O–H groups in total. The minimum atomic E-state index is -0.471. The van der Waals surface area contributed by atoms with Gasteiger partial charge in [0.2, 0.25) is 0 Å². The third kappa shape index (κ3) is 3.76. The minimum absolute atomic E-state index is 0.307. The Morgan fingerprint density at radius 2 is 2.19 bits per heavy atom. The molecule has 0 spiro atoms. The molecule has 1 amide bonds. The Hall–Kier alpha value is -1.19. The fourth-order valence-corrected chi connectivity index (χ4v) is 1.82. The number of carbonyl (C=O) groups is 1. The highest BCUT2D eigenvalue weighted by atomic mass is 16.6. The van der Waals surface area contributed by atoms with Gasteiger partial charge < -0.3 is 14.7 Å². The third-order valence-corrected chi connectivity index (χ3v) is 2.37. The second-order valence-corrected chi connectivity index (χ2v) is 5.46. The molecule has 1 unspecified atom stereocenters. The number of likely N-dealkylation sites (tertiary alicyclic amines) is 1. The van der Waals surface area contributed by atoms with Gasteiger partial charge in [0.05, 0.1) is 6.26 Å². The summed E-state index contributed by atoms with van der Waals surface area (Å²) in [6, 6.07) is 0. The van der Waals surface area contributed by atoms with E-state index in [1.807, 2.05) is 20.8 Å². The first-order valence-electron chi connectivity index (χ1n) is 5.62. The highest BCUT2D eigenvalue weighted by molar-refractivity contribution is 5.68. The zero-order chi connectivity index (χ0) is 12.3. The maximum Gasteiger partial charge on any atom is 0.410 e. The number of rotatable bonds is 0. The van der Waals surface area contributed by atoms with E-state index in [-0.39, 0.29) is 6.09 Å². The molecule has 0 aromatic carbocycles. The fraction of sp³-hybridized carbons (Fsp3) is 0.750. The molecule has 1 atom stereocenters. The van der Waals surface area contributed by atoms with Crippen LogP contribution in [-0.2, 0) is 4.74 Å². The summed E-state index contributed by atoms with van der Waals surface area (Å²) in [6.45, 7) is 8.76. The largest absolute Gasteiger partial charge is 0.516 e. The zero-order valence-electron chi connectivity index (χ0n) is 10.5. The van der Waals surface area contributed by atoms with Gasteiger partial charge in [-0.1, -0.05) is 6.92 Å². The fourth-order valence-electron chi connectivity index (χ4n) is 1.82. The van der Waals surface area contributed by atoms with Crippen LogP contribution >= 0.6 is 0 Å². The summed E-state index contributed by atoms with van der Waals surface area (Å²) in [7, 11) is 0. The lowest BCUT2D eigenvalue weighted by Crippen LogP contribution is -2.43. The molecule has 4 nitrogen and oxygen atoms in total. The van der Waals surface area contributed by atoms with Crippen LogP contribution < -0.4 is 0 Å². The first-order valence-corrected chi connectivity index (χ1v) is 5.62. The summed E-state index contributed by atoms with van der Waals surface area (Å²) in [4.78, 5) is 13.5. The van der Waals surface area contributed by atoms with E-state index in [0.29, 0.717) is 19.0 Å². The summed E-state index contributed by atoms with van der Waals surface area (Å²) in [5, 5.41) is 9.00. The van der Waals surface area contributed by atoms with Crippen molar-refractivity contribution < 1.29 is 14.6 Å². The van der Waals surface area contributed by atoms with Crippen molar-refractivity contribution in [2.24, 2.45) is 5.92 Å². The van der Waals surface area contributed by atoms with E-state index in [9.17, 15) is 4.79 Å². The number of nitrogens with zero attached hydrogens (tertiary/aromatic N) is 1. The molecular weight excluding hydrogens is 206 g/mol. The number of amides is 1. The predicted octanol–water partition coefficient (Wildman–Crippen LogP) is 2.71. The number of aliphatic hydroxyl groups is 1. The number of hydrogen-bond acceptors (Lipinski definition) is 3. The van der Waals surface area contributed by atoms with Gasteiger partial charge in [0.1, 0.15) is 5.60 Å². The minimum Gasteiger partial charge on any atom is -0.516 e. The number of piperidine rings is 1. The second-order valence-electron chi connectivity index (χ2n) is 5.46. The number of aliphatic hydroxyl groups excluding tert-OH is 1. The van der Waals surface area contributed by atoms with Gasteiger partial charge in [0, 0.05) is 13.1 Å². The Bertz CT molecular complexity index is 291. The van der Waals surface area contributed by atoms with E-state index in [1.165, 1.54) is 0 Å². The van der Waals surface area contributed by atoms with E-state index < -0.39 is 5.60 Å². The molecular formula is C12H21NO3. The summed E-state index contributed by atoms with van der Waals surface area (Å²) >= 11 is 0. The summed E-state index contributed by atoms with van der Waals surface area (Å²) in [5.41, 5.74) is 0.408. The van der Waals surface area contributed by atoms with Gasteiger partial charge in [-0.3, -0.25) is 0 Å². The molecule has 1 saturated heterocycles. The van der Waals surface area contributed by atoms with Crippen molar-refractivity contribution >= 4 is 6.09 Å². The summed E-state index contributed by atoms with van der Waals surface area (Å²) in [6.07, 6.45) is 1.64. The van der Waals surface area contributed by atoms with Gasteiger partial charge in [0.15, 0.2) is 0 Å². The van der Waals surface area contributed by atoms with Crippen LogP contribution in [0, 0.1) is 5.92 Å². The van der Waals surface area contributed by atoms with Crippen molar-refractivity contribution in [3.63, 3.8) is 0 Å². The van der Waals surface area contributed by atoms with E-state index in [0.717, 1.165) is 18.3 Å². The van der Waals surface area contributed by atoms with Crippen molar-refractivity contribution in [3.8, 4) is 0 Å². The van der Waals surface area contributed by atoms with E-state index >= 15 is 0 Å². The average molecular weight is 227 g/mol. The molecule has 0 aromatic heterocycles. The molecule has 4 heteroatoms. The van der Waals surface area contributed by atoms with E-state index in [1.54, 1.807) is 4.90 Å². The quantitative estimate of drug-likeness (QED) is 0.647. The summed E-state index contributed by atoms with van der Waals surface area (Å²) in [5.74, 6) is 0.361. The molecule has 1 heterocycles. The highest BCUT2D eigenvalue weighted by Crippen LogP contribution is 2.22. The molecule has 0 radical (unpaired) electrons. The van der Waals surface area contributed by atoms with Crippen molar-refractivity contribution in [1.82, 2.24) is 4.90 Å². The van der Waals surface area contributed by atoms with Crippen LogP contribution in [0.2, 0.25) is 0 Å². The van der Waals surface area contributed by atoms with Crippen LogP contribution in [0.15, 0.2) is 11.8 Å². The maximum atomic E-state index is 11.8. The van der Waals surface area contributed by atoms with Crippen LogP contribution in [0.1, 0.15) is 34.1 Å². The molecule has 92 valence electrons. The predicted molar refractivity (Wildman–Crippen MR) is 62.3 cm³/mol. The Balaban J connectivity index is 2.62. The Morgan fingerprint density at radius 1 is 1.56 bits per heavy atom. The molecule has 16 heavy (non-hydrogen) atoms. The van der Waals surface area contributed by atoms with E-state index in [4.69, 9.17) is 9.84 Å². The van der Waals surface area contributed by atoms with Crippen LogP contribution in [0.5, 0.6) is 0 Å². The summed E-state index contributed by atoms with van der Waals surface area (Å²) < 4.78 is 5.30. The lowest BCUT2D eigenvalue weighted by molar-refractivity contribution is 0.0213. The Kier molecular flexibility index (Phi) is 3.83. The standard InChI is InChI=1S/C12H21NO3/c1-9-5-10(8-14)7-13(6-9)11(15)16-12(2,3)4/h8-9,14H,5-7H2,1-4H3/b10-8-. The van der Waals surface area contributed by atoms with Gasteiger partial charge >= 0.3 is 6.09 Å². The van der Waals surface area contributed by atoms with Gasteiger partial charge in [-0.25, -0.2) is 4.79 Å². The van der Waals surface area contributed by atoms with Crippen LogP contribution in [-0.4, -0.2) is 34.8 Å². The van der Waals surface area contributed by atoms with Gasteiger partial charge in [0.25, 0.3) is 0 Å². The molecule has 1 aliphatic heterocycles. The second kappa shape index (κ2) is 4.76. The van der Waals surface area contributed by atoms with Crippen LogP contribution in [0.4, 0.5) is 4.79 Å². The van der Waals surface area contributed by atoms with Crippen molar-refractivity contribution in [3.05, 3.63) is 11.8 Å². The molecule has 0 aliphatic carbocycles. The van der Waals surface area contributed by atoms with Gasteiger partial charge in [-0.05, 0) is 38.7 Å². The van der Waals surface area contributed by atoms with Crippen molar-refractivity contribution in [2.45, 2.75) is 39.7 Å². The third-order valence-electron chi connectivity index (χ3n) is 2.37. The highest BCUT2D eigenvalue weighted by Gasteiger charge is 2.27. The molecule has 0 aromatic rings.